The molecule has 6 rings (SSSR count). The number of rotatable bonds is 14. The molecule has 0 fully saturated rings. The van der Waals surface area contributed by atoms with Gasteiger partial charge in [-0.3, -0.25) is 19.2 Å². The van der Waals surface area contributed by atoms with Gasteiger partial charge < -0.3 is 44.9 Å². The second-order valence-electron chi connectivity index (χ2n) is 17.9. The third-order valence-corrected chi connectivity index (χ3v) is 12.4. The number of likely N-dealkylation sites (N-methyl/N-ethyl adjacent to an activating group) is 2. The van der Waals surface area contributed by atoms with Crippen molar-refractivity contribution in [3.05, 3.63) is 76.6 Å². The van der Waals surface area contributed by atoms with Gasteiger partial charge in [0.2, 0.25) is 11.8 Å². The zero-order chi connectivity index (χ0) is 46.0. The summed E-state index contributed by atoms with van der Waals surface area (Å²) in [6, 6.07) is 5.37. The third kappa shape index (κ3) is 9.91. The van der Waals surface area contributed by atoms with E-state index in [-0.39, 0.29) is 34.8 Å². The fraction of sp³-hybridized carbons (Fsp3) is 0.511. The van der Waals surface area contributed by atoms with Gasteiger partial charge in [0.1, 0.15) is 46.9 Å². The molecule has 0 bridgehead atoms. The SMILES string of the molecule is CNC(=O)C(NC(=O)c1nc(-c2ccc(OC)cc2F)n2c1CN(C)CCC2)C(C)(C)CCC(C)(C)[C@H](NC(=O)c1nc(-c2cc(F)ccc2F)n2c1CN(C)CCC2)C(=O)NC. The van der Waals surface area contributed by atoms with Gasteiger partial charge in [-0.15, -0.1) is 0 Å². The summed E-state index contributed by atoms with van der Waals surface area (Å²) < 4.78 is 53.8. The normalized spacial score (nSPS) is 15.9. The number of methoxy groups -OCH3 is 1. The second kappa shape index (κ2) is 18.9. The molecule has 2 aromatic heterocycles. The van der Waals surface area contributed by atoms with Crippen molar-refractivity contribution in [3.8, 4) is 28.5 Å². The monoisotopic (exact) mass is 876 g/mol. The predicted molar refractivity (Wildman–Crippen MR) is 231 cm³/mol. The Morgan fingerprint density at radius 1 is 0.683 bits per heavy atom. The molecule has 340 valence electrons. The predicted octanol–water partition coefficient (Wildman–Crippen LogP) is 4.73. The summed E-state index contributed by atoms with van der Waals surface area (Å²) in [5.74, 6) is -3.34. The van der Waals surface area contributed by atoms with Crippen LogP contribution < -0.4 is 26.0 Å². The van der Waals surface area contributed by atoms with Crippen molar-refractivity contribution >= 4 is 23.6 Å². The molecule has 0 saturated heterocycles. The van der Waals surface area contributed by atoms with Gasteiger partial charge in [-0.25, -0.2) is 23.1 Å². The fourth-order valence-corrected chi connectivity index (χ4v) is 8.54. The maximum Gasteiger partial charge on any atom is 0.272 e. The van der Waals surface area contributed by atoms with Crippen LogP contribution in [0.2, 0.25) is 0 Å². The molecule has 2 atom stereocenters. The maximum absolute atomic E-state index is 15.5. The van der Waals surface area contributed by atoms with E-state index in [4.69, 9.17) is 9.72 Å². The zero-order valence-corrected chi connectivity index (χ0v) is 37.5. The standard InChI is InChI=1S/C45H59F3N10O5/c1-44(2,36(42(61)49-5)53-40(59)34-32-24-55(7)18-10-20-57(32)38(51-34)28-14-13-27(63-9)23-31(28)48)16-17-45(3,4)37(43(62)50-6)54-41(60)35-33-25-56(8)19-11-21-58(33)39(52-35)29-22-26(46)12-15-30(29)47/h12-15,22-23,36-37H,10-11,16-21,24-25H2,1-9H3,(H,49,61)(H,50,62)(H,53,59)(H,54,60)/t36?,37-/m1/s1. The molecule has 0 aliphatic carbocycles. The first-order valence-corrected chi connectivity index (χ1v) is 21.2. The highest BCUT2D eigenvalue weighted by Gasteiger charge is 2.43. The minimum atomic E-state index is -1.11. The number of nitrogens with one attached hydrogen (secondary N) is 4. The van der Waals surface area contributed by atoms with Gasteiger partial charge in [-0.2, -0.15) is 0 Å². The molecule has 0 spiro atoms. The van der Waals surface area contributed by atoms with E-state index >= 15 is 8.78 Å². The van der Waals surface area contributed by atoms with E-state index in [1.807, 2.05) is 51.3 Å². The Labute approximate surface area is 366 Å². The van der Waals surface area contributed by atoms with Crippen molar-refractivity contribution in [2.45, 2.75) is 91.6 Å². The Hall–Kier alpha value is -5.75. The van der Waals surface area contributed by atoms with Crippen molar-refractivity contribution in [2.75, 3.05) is 48.4 Å². The maximum atomic E-state index is 15.5. The Balaban J connectivity index is 1.26. The number of halogens is 3. The lowest BCUT2D eigenvalue weighted by Crippen LogP contribution is -2.56. The van der Waals surface area contributed by atoms with Crippen LogP contribution >= 0.6 is 0 Å². The molecule has 0 radical (unpaired) electrons. The van der Waals surface area contributed by atoms with Gasteiger partial charge in [0.05, 0.1) is 29.6 Å². The van der Waals surface area contributed by atoms with Crippen LogP contribution in [-0.4, -0.2) is 113 Å². The number of imidazole rings is 2. The van der Waals surface area contributed by atoms with Crippen LogP contribution in [0, 0.1) is 28.3 Å². The van der Waals surface area contributed by atoms with Gasteiger partial charge in [-0.05, 0) is 94.0 Å². The van der Waals surface area contributed by atoms with Gasteiger partial charge in [-0.1, -0.05) is 27.7 Å². The number of nitrogens with zero attached hydrogens (tertiary/aromatic N) is 6. The lowest BCUT2D eigenvalue weighted by molar-refractivity contribution is -0.127. The number of carbonyl (C=O) groups is 4. The summed E-state index contributed by atoms with van der Waals surface area (Å²) in [4.78, 5) is 69.3. The van der Waals surface area contributed by atoms with Crippen LogP contribution in [0.3, 0.4) is 0 Å². The molecule has 4 amide bonds. The average Bonchev–Trinajstić information content (AvgIpc) is 3.61. The van der Waals surface area contributed by atoms with E-state index in [1.54, 1.807) is 16.7 Å². The van der Waals surface area contributed by atoms with Gasteiger partial charge in [0, 0.05) is 46.3 Å². The Kier molecular flexibility index (Phi) is 14.0. The number of hydrogen-bond acceptors (Lipinski definition) is 9. The topological polar surface area (TPSA) is 168 Å². The van der Waals surface area contributed by atoms with Gasteiger partial charge in [0.25, 0.3) is 11.8 Å². The van der Waals surface area contributed by atoms with E-state index in [1.165, 1.54) is 27.3 Å². The molecular weight excluding hydrogens is 818 g/mol. The van der Waals surface area contributed by atoms with Crippen LogP contribution in [0.1, 0.15) is 85.7 Å². The molecule has 4 aromatic rings. The highest BCUT2D eigenvalue weighted by Crippen LogP contribution is 2.37. The molecule has 4 heterocycles. The Bertz CT molecular complexity index is 2380. The molecule has 18 heteroatoms. The first kappa shape index (κ1) is 46.7. The van der Waals surface area contributed by atoms with Gasteiger partial charge in [0.15, 0.2) is 11.4 Å². The number of fused-ring (bicyclic) bond motifs is 2. The molecule has 2 aliphatic heterocycles. The number of hydrogen-bond donors (Lipinski definition) is 4. The highest BCUT2D eigenvalue weighted by molar-refractivity contribution is 5.99. The molecule has 2 aromatic carbocycles. The summed E-state index contributed by atoms with van der Waals surface area (Å²) in [6.45, 7) is 10.3. The average molecular weight is 877 g/mol. The van der Waals surface area contributed by atoms with Gasteiger partial charge >= 0.3 is 0 Å². The van der Waals surface area contributed by atoms with Crippen LogP contribution in [-0.2, 0) is 35.8 Å². The van der Waals surface area contributed by atoms with Crippen LogP contribution in [0.5, 0.6) is 5.75 Å². The van der Waals surface area contributed by atoms with E-state index in [0.29, 0.717) is 68.5 Å². The molecule has 63 heavy (non-hydrogen) atoms. The van der Waals surface area contributed by atoms with Crippen molar-refractivity contribution in [2.24, 2.45) is 10.8 Å². The summed E-state index contributed by atoms with van der Waals surface area (Å²) in [5.41, 5.74) is -0.579. The minimum Gasteiger partial charge on any atom is -0.497 e. The van der Waals surface area contributed by atoms with E-state index in [9.17, 15) is 23.6 Å². The summed E-state index contributed by atoms with van der Waals surface area (Å²) >= 11 is 0. The summed E-state index contributed by atoms with van der Waals surface area (Å²) in [7, 11) is 8.21. The number of aromatic nitrogens is 4. The smallest absolute Gasteiger partial charge is 0.272 e. The molecule has 2 aliphatic rings. The van der Waals surface area contributed by atoms with Crippen molar-refractivity contribution < 1.29 is 37.1 Å². The molecule has 15 nitrogen and oxygen atoms in total. The zero-order valence-electron chi connectivity index (χ0n) is 37.5. The van der Waals surface area contributed by atoms with E-state index in [0.717, 1.165) is 31.2 Å². The van der Waals surface area contributed by atoms with Crippen LogP contribution in [0.15, 0.2) is 36.4 Å². The van der Waals surface area contributed by atoms with E-state index < -0.39 is 64.0 Å². The molecule has 4 N–H and O–H groups in total. The number of benzene rings is 2. The Morgan fingerprint density at radius 3 is 1.60 bits per heavy atom. The number of ether oxygens (including phenoxy) is 1. The molecule has 1 unspecified atom stereocenters. The summed E-state index contributed by atoms with van der Waals surface area (Å²) in [5, 5.41) is 11.2. The van der Waals surface area contributed by atoms with Crippen molar-refractivity contribution in [1.29, 1.82) is 0 Å². The quantitative estimate of drug-likeness (QED) is 0.140. The third-order valence-electron chi connectivity index (χ3n) is 12.4. The van der Waals surface area contributed by atoms with Crippen LogP contribution in [0.4, 0.5) is 13.2 Å². The number of amides is 4. The summed E-state index contributed by atoms with van der Waals surface area (Å²) in [6.07, 6.45) is 2.00. The first-order valence-electron chi connectivity index (χ1n) is 21.2. The molecule has 0 saturated carbocycles. The lowest BCUT2D eigenvalue weighted by Gasteiger charge is -2.39. The second-order valence-corrected chi connectivity index (χ2v) is 17.9. The van der Waals surface area contributed by atoms with Crippen LogP contribution in [0.25, 0.3) is 22.8 Å². The van der Waals surface area contributed by atoms with Crippen molar-refractivity contribution in [1.82, 2.24) is 50.2 Å². The fourth-order valence-electron chi connectivity index (χ4n) is 8.54. The van der Waals surface area contributed by atoms with Crippen molar-refractivity contribution in [3.63, 3.8) is 0 Å². The Morgan fingerprint density at radius 2 is 1.16 bits per heavy atom. The largest absolute Gasteiger partial charge is 0.497 e. The minimum absolute atomic E-state index is 0.00362. The van der Waals surface area contributed by atoms with E-state index in [2.05, 4.69) is 31.2 Å². The number of carbonyl (C=O) groups excluding carboxylic acids is 4. The highest BCUT2D eigenvalue weighted by atomic mass is 19.1. The first-order chi connectivity index (χ1) is 29.8. The lowest BCUT2D eigenvalue weighted by atomic mass is 9.71. The molecular formula is C45H59F3N10O5.